The molecule has 1 fully saturated rings. The average molecular weight is 410 g/mol. The third-order valence-corrected chi connectivity index (χ3v) is 4.76. The first kappa shape index (κ1) is 19.4. The van der Waals surface area contributed by atoms with Crippen LogP contribution in [0.3, 0.4) is 0 Å². The smallest absolute Gasteiger partial charge is 0.317 e. The molecule has 0 atom stereocenters. The monoisotopic (exact) mass is 409 g/mol. The van der Waals surface area contributed by atoms with E-state index in [9.17, 15) is 9.90 Å². The number of amides is 2. The molecule has 1 saturated heterocycles. The van der Waals surface area contributed by atoms with E-state index in [2.05, 4.69) is 20.5 Å². The van der Waals surface area contributed by atoms with E-state index in [1.807, 2.05) is 12.1 Å². The molecule has 2 amide bonds. The van der Waals surface area contributed by atoms with Crippen molar-refractivity contribution in [2.75, 3.05) is 49.5 Å². The Hall–Kier alpha value is -2.38. The molecule has 1 aliphatic rings. The Morgan fingerprint density at radius 1 is 1.15 bits per heavy atom. The molecule has 9 heteroatoms. The Kier molecular flexibility index (Phi) is 6.47. The van der Waals surface area contributed by atoms with E-state index in [0.717, 1.165) is 18.8 Å². The lowest BCUT2D eigenvalue weighted by atomic mass is 10.2. The maximum absolute atomic E-state index is 12.3. The molecule has 3 rings (SSSR count). The summed E-state index contributed by atoms with van der Waals surface area (Å²) >= 11 is 11.9. The Bertz CT molecular complexity index is 797. The van der Waals surface area contributed by atoms with Gasteiger partial charge in [0.15, 0.2) is 0 Å². The molecule has 0 spiro atoms. The van der Waals surface area contributed by atoms with Crippen molar-refractivity contribution in [1.29, 1.82) is 0 Å². The van der Waals surface area contributed by atoms with Gasteiger partial charge in [-0.3, -0.25) is 0 Å². The number of nitrogens with one attached hydrogen (secondary N) is 2. The number of hydrogen-bond donors (Lipinski definition) is 3. The zero-order valence-electron chi connectivity index (χ0n) is 14.7. The molecule has 2 heterocycles. The Labute approximate surface area is 167 Å². The number of benzene rings is 1. The SMILES string of the molecule is O=C(NCCNc1ncc(Cl)cc1Cl)N1CCN(c2cccc(O)c2)CC1. The number of carbonyl (C=O) groups is 1. The van der Waals surface area contributed by atoms with Gasteiger partial charge in [-0.25, -0.2) is 9.78 Å². The summed E-state index contributed by atoms with van der Waals surface area (Å²) in [6, 6.07) is 8.67. The van der Waals surface area contributed by atoms with Crippen molar-refractivity contribution in [2.45, 2.75) is 0 Å². The number of phenols is 1. The quantitative estimate of drug-likeness (QED) is 0.661. The topological polar surface area (TPSA) is 80.7 Å². The second kappa shape index (κ2) is 9.01. The number of carbonyl (C=O) groups excluding carboxylic acids is 1. The van der Waals surface area contributed by atoms with Crippen LogP contribution in [0.15, 0.2) is 36.5 Å². The summed E-state index contributed by atoms with van der Waals surface area (Å²) < 4.78 is 0. The summed E-state index contributed by atoms with van der Waals surface area (Å²) in [5.74, 6) is 0.783. The highest BCUT2D eigenvalue weighted by Crippen LogP contribution is 2.22. The van der Waals surface area contributed by atoms with E-state index in [1.165, 1.54) is 6.20 Å². The summed E-state index contributed by atoms with van der Waals surface area (Å²) in [6.07, 6.45) is 1.51. The van der Waals surface area contributed by atoms with E-state index in [-0.39, 0.29) is 11.8 Å². The normalized spacial score (nSPS) is 14.1. The number of pyridine rings is 1. The molecule has 1 aromatic carbocycles. The molecule has 0 saturated carbocycles. The fourth-order valence-electron chi connectivity index (χ4n) is 2.86. The molecule has 2 aromatic rings. The van der Waals surface area contributed by atoms with Crippen LogP contribution in [0, 0.1) is 0 Å². The molecule has 0 bridgehead atoms. The van der Waals surface area contributed by atoms with Crippen LogP contribution in [0.25, 0.3) is 0 Å². The van der Waals surface area contributed by atoms with Gasteiger partial charge in [0.25, 0.3) is 0 Å². The Morgan fingerprint density at radius 3 is 2.63 bits per heavy atom. The van der Waals surface area contributed by atoms with Gasteiger partial charge in [0.05, 0.1) is 10.0 Å². The van der Waals surface area contributed by atoms with Crippen LogP contribution in [-0.4, -0.2) is 60.3 Å². The lowest BCUT2D eigenvalue weighted by Gasteiger charge is -2.36. The molecule has 3 N–H and O–H groups in total. The van der Waals surface area contributed by atoms with E-state index in [1.54, 1.807) is 23.1 Å². The van der Waals surface area contributed by atoms with Gasteiger partial charge in [-0.2, -0.15) is 0 Å². The molecule has 0 radical (unpaired) electrons. The van der Waals surface area contributed by atoms with Crippen LogP contribution in [-0.2, 0) is 0 Å². The highest BCUT2D eigenvalue weighted by Gasteiger charge is 2.21. The first-order valence-electron chi connectivity index (χ1n) is 8.64. The van der Waals surface area contributed by atoms with Crippen molar-refractivity contribution >= 4 is 40.7 Å². The second-order valence-corrected chi connectivity index (χ2v) is 6.98. The van der Waals surface area contributed by atoms with Gasteiger partial charge in [-0.1, -0.05) is 29.3 Å². The number of phenolic OH excluding ortho intramolecular Hbond substituents is 1. The molecule has 1 aliphatic heterocycles. The molecule has 144 valence electrons. The van der Waals surface area contributed by atoms with Crippen molar-refractivity contribution < 1.29 is 9.90 Å². The number of rotatable bonds is 5. The van der Waals surface area contributed by atoms with Crippen LogP contribution in [0.2, 0.25) is 10.0 Å². The number of aromatic nitrogens is 1. The predicted molar refractivity (Wildman–Crippen MR) is 108 cm³/mol. The maximum atomic E-state index is 12.3. The highest BCUT2D eigenvalue weighted by molar-refractivity contribution is 6.35. The van der Waals surface area contributed by atoms with Crippen LogP contribution in [0.4, 0.5) is 16.3 Å². The van der Waals surface area contributed by atoms with Crippen molar-refractivity contribution in [3.05, 3.63) is 46.6 Å². The molecule has 7 nitrogen and oxygen atoms in total. The molecule has 1 aromatic heterocycles. The first-order chi connectivity index (χ1) is 13.0. The van der Waals surface area contributed by atoms with E-state index in [4.69, 9.17) is 23.2 Å². The summed E-state index contributed by atoms with van der Waals surface area (Å²) in [4.78, 5) is 20.3. The van der Waals surface area contributed by atoms with Gasteiger partial charge in [0, 0.05) is 57.2 Å². The van der Waals surface area contributed by atoms with Crippen molar-refractivity contribution in [2.24, 2.45) is 0 Å². The number of nitrogens with zero attached hydrogens (tertiary/aromatic N) is 3. The lowest BCUT2D eigenvalue weighted by molar-refractivity contribution is 0.195. The second-order valence-electron chi connectivity index (χ2n) is 6.14. The standard InChI is InChI=1S/C18H21Cl2N5O2/c19-13-10-16(20)17(23-12-13)21-4-5-22-18(27)25-8-6-24(7-9-25)14-2-1-3-15(26)11-14/h1-3,10-12,26H,4-9H2,(H,21,23)(H,22,27). The fraction of sp³-hybridized carbons (Fsp3) is 0.333. The van der Waals surface area contributed by atoms with Crippen molar-refractivity contribution in [3.63, 3.8) is 0 Å². The number of urea groups is 1. The molecular formula is C18H21Cl2N5O2. The van der Waals surface area contributed by atoms with Gasteiger partial charge in [0.1, 0.15) is 11.6 Å². The van der Waals surface area contributed by atoms with Crippen LogP contribution in [0.5, 0.6) is 5.75 Å². The predicted octanol–water partition coefficient (Wildman–Crippen LogP) is 3.04. The summed E-state index contributed by atoms with van der Waals surface area (Å²) in [7, 11) is 0. The number of piperazine rings is 1. The number of anilines is 2. The Morgan fingerprint density at radius 2 is 1.93 bits per heavy atom. The molecule has 0 aliphatic carbocycles. The molecule has 27 heavy (non-hydrogen) atoms. The highest BCUT2D eigenvalue weighted by atomic mass is 35.5. The van der Waals surface area contributed by atoms with Gasteiger partial charge >= 0.3 is 6.03 Å². The van der Waals surface area contributed by atoms with Gasteiger partial charge in [0.2, 0.25) is 0 Å². The fourth-order valence-corrected chi connectivity index (χ4v) is 3.31. The van der Waals surface area contributed by atoms with Gasteiger partial charge in [-0.15, -0.1) is 0 Å². The zero-order chi connectivity index (χ0) is 19.2. The molecular weight excluding hydrogens is 389 g/mol. The van der Waals surface area contributed by atoms with E-state index < -0.39 is 0 Å². The minimum atomic E-state index is -0.0949. The lowest BCUT2D eigenvalue weighted by Crippen LogP contribution is -2.52. The van der Waals surface area contributed by atoms with Crippen LogP contribution < -0.4 is 15.5 Å². The number of aromatic hydroxyl groups is 1. The summed E-state index contributed by atoms with van der Waals surface area (Å²) in [5, 5.41) is 16.5. The number of hydrogen-bond acceptors (Lipinski definition) is 5. The van der Waals surface area contributed by atoms with Crippen LogP contribution >= 0.6 is 23.2 Å². The zero-order valence-corrected chi connectivity index (χ0v) is 16.2. The summed E-state index contributed by atoms with van der Waals surface area (Å²) in [6.45, 7) is 3.65. The number of halogens is 2. The third kappa shape index (κ3) is 5.30. The Balaban J connectivity index is 1.39. The van der Waals surface area contributed by atoms with Gasteiger partial charge < -0.3 is 25.5 Å². The maximum Gasteiger partial charge on any atom is 0.317 e. The minimum Gasteiger partial charge on any atom is -0.508 e. The minimum absolute atomic E-state index is 0.0949. The largest absolute Gasteiger partial charge is 0.508 e. The van der Waals surface area contributed by atoms with E-state index >= 15 is 0 Å². The molecule has 0 unspecified atom stereocenters. The van der Waals surface area contributed by atoms with Gasteiger partial charge in [-0.05, 0) is 18.2 Å². The first-order valence-corrected chi connectivity index (χ1v) is 9.40. The van der Waals surface area contributed by atoms with Crippen LogP contribution in [0.1, 0.15) is 0 Å². The van der Waals surface area contributed by atoms with Crippen molar-refractivity contribution in [1.82, 2.24) is 15.2 Å². The van der Waals surface area contributed by atoms with E-state index in [0.29, 0.717) is 42.0 Å². The average Bonchev–Trinajstić information content (AvgIpc) is 2.66. The van der Waals surface area contributed by atoms with Crippen molar-refractivity contribution in [3.8, 4) is 5.75 Å². The summed E-state index contributed by atoms with van der Waals surface area (Å²) in [5.41, 5.74) is 0.964. The third-order valence-electron chi connectivity index (χ3n) is 4.26.